The van der Waals surface area contributed by atoms with Gasteiger partial charge in [-0.05, 0) is 37.2 Å². The zero-order valence-electron chi connectivity index (χ0n) is 15.7. The molecule has 0 unspecified atom stereocenters. The van der Waals surface area contributed by atoms with E-state index in [9.17, 15) is 4.79 Å². The van der Waals surface area contributed by atoms with E-state index in [4.69, 9.17) is 4.98 Å². The number of amides is 1. The van der Waals surface area contributed by atoms with Gasteiger partial charge in [0.2, 0.25) is 5.91 Å². The van der Waals surface area contributed by atoms with Gasteiger partial charge >= 0.3 is 0 Å². The van der Waals surface area contributed by atoms with Gasteiger partial charge in [0.15, 0.2) is 5.65 Å². The summed E-state index contributed by atoms with van der Waals surface area (Å²) in [6.07, 6.45) is 4.27. The molecule has 7 nitrogen and oxygen atoms in total. The first-order valence-electron chi connectivity index (χ1n) is 9.23. The van der Waals surface area contributed by atoms with Crippen LogP contribution in [0.2, 0.25) is 0 Å². The number of aromatic nitrogens is 3. The Kier molecular flexibility index (Phi) is 4.77. The summed E-state index contributed by atoms with van der Waals surface area (Å²) in [5.41, 5.74) is 5.37. The highest BCUT2D eigenvalue weighted by atomic mass is 16.1. The second-order valence-corrected chi connectivity index (χ2v) is 7.11. The molecule has 0 saturated heterocycles. The normalized spacial score (nSPS) is 16.3. The molecule has 0 aliphatic carbocycles. The van der Waals surface area contributed by atoms with Gasteiger partial charge in [0, 0.05) is 44.4 Å². The van der Waals surface area contributed by atoms with E-state index in [1.807, 2.05) is 25.5 Å². The third-order valence-electron chi connectivity index (χ3n) is 4.74. The molecule has 2 N–H and O–H groups in total. The van der Waals surface area contributed by atoms with Crippen molar-refractivity contribution in [3.8, 4) is 11.1 Å². The Labute approximate surface area is 158 Å². The molecule has 1 amide bonds. The van der Waals surface area contributed by atoms with Gasteiger partial charge in [-0.1, -0.05) is 17.7 Å². The van der Waals surface area contributed by atoms with Crippen LogP contribution in [-0.2, 0) is 11.3 Å². The van der Waals surface area contributed by atoms with Crippen LogP contribution < -0.4 is 10.6 Å². The number of rotatable bonds is 0. The summed E-state index contributed by atoms with van der Waals surface area (Å²) < 4.78 is 1.79. The maximum atomic E-state index is 12.0. The molecule has 7 heteroatoms. The van der Waals surface area contributed by atoms with E-state index in [0.717, 1.165) is 35.7 Å². The number of anilines is 1. The van der Waals surface area contributed by atoms with Crippen molar-refractivity contribution in [2.75, 3.05) is 32.0 Å². The molecule has 0 saturated carbocycles. The van der Waals surface area contributed by atoms with Gasteiger partial charge in [-0.3, -0.25) is 4.79 Å². The van der Waals surface area contributed by atoms with E-state index in [-0.39, 0.29) is 5.91 Å². The van der Waals surface area contributed by atoms with Crippen LogP contribution in [0.5, 0.6) is 0 Å². The van der Waals surface area contributed by atoms with E-state index in [2.05, 4.69) is 45.8 Å². The number of fused-ring (bicyclic) bond motifs is 4. The molecule has 27 heavy (non-hydrogen) atoms. The Morgan fingerprint density at radius 3 is 2.89 bits per heavy atom. The van der Waals surface area contributed by atoms with E-state index >= 15 is 0 Å². The zero-order chi connectivity index (χ0) is 18.8. The molecule has 140 valence electrons. The predicted octanol–water partition coefficient (Wildman–Crippen LogP) is 2.07. The van der Waals surface area contributed by atoms with Gasteiger partial charge in [0.25, 0.3) is 0 Å². The summed E-state index contributed by atoms with van der Waals surface area (Å²) in [4.78, 5) is 18.9. The first-order chi connectivity index (χ1) is 13.1. The molecule has 1 aliphatic heterocycles. The minimum absolute atomic E-state index is 0.0714. The maximum Gasteiger partial charge on any atom is 0.221 e. The van der Waals surface area contributed by atoms with Crippen molar-refractivity contribution in [3.63, 3.8) is 0 Å². The van der Waals surface area contributed by atoms with E-state index < -0.39 is 0 Å². The SMILES string of the molecule is Cc1cc2cc(c1)-c1cnn3ccc(nc13)NCCNC(=O)CCN(C)C2. The average Bonchev–Trinajstić information content (AvgIpc) is 3.05. The lowest BCUT2D eigenvalue weighted by atomic mass is 10.0. The minimum Gasteiger partial charge on any atom is -0.368 e. The van der Waals surface area contributed by atoms with E-state index in [1.165, 1.54) is 11.1 Å². The summed E-state index contributed by atoms with van der Waals surface area (Å²) in [5.74, 6) is 0.848. The molecular weight excluding hydrogens is 340 g/mol. The van der Waals surface area contributed by atoms with Crippen molar-refractivity contribution < 1.29 is 4.79 Å². The van der Waals surface area contributed by atoms with Gasteiger partial charge in [-0.15, -0.1) is 0 Å². The molecule has 3 aromatic rings. The minimum atomic E-state index is 0.0714. The number of carbonyl (C=O) groups is 1. The summed E-state index contributed by atoms with van der Waals surface area (Å²) in [6.45, 7) is 4.82. The van der Waals surface area contributed by atoms with Crippen LogP contribution in [0.3, 0.4) is 0 Å². The van der Waals surface area contributed by atoms with Crippen LogP contribution in [0.1, 0.15) is 17.5 Å². The summed E-state index contributed by atoms with van der Waals surface area (Å²) in [7, 11) is 2.04. The third-order valence-corrected chi connectivity index (χ3v) is 4.74. The summed E-state index contributed by atoms with van der Waals surface area (Å²) in [5, 5.41) is 10.7. The van der Waals surface area contributed by atoms with Crippen molar-refractivity contribution in [1.82, 2.24) is 24.8 Å². The predicted molar refractivity (Wildman–Crippen MR) is 106 cm³/mol. The quantitative estimate of drug-likeness (QED) is 0.639. The Balaban J connectivity index is 1.77. The molecule has 2 aromatic heterocycles. The largest absolute Gasteiger partial charge is 0.368 e. The first kappa shape index (κ1) is 17.5. The smallest absolute Gasteiger partial charge is 0.221 e. The fourth-order valence-corrected chi connectivity index (χ4v) is 3.44. The highest BCUT2D eigenvalue weighted by Crippen LogP contribution is 2.27. The van der Waals surface area contributed by atoms with Gasteiger partial charge < -0.3 is 15.5 Å². The summed E-state index contributed by atoms with van der Waals surface area (Å²) >= 11 is 0. The lowest BCUT2D eigenvalue weighted by molar-refractivity contribution is -0.121. The van der Waals surface area contributed by atoms with Gasteiger partial charge in [0.05, 0.1) is 6.20 Å². The number of nitrogens with one attached hydrogen (secondary N) is 2. The molecule has 0 fully saturated rings. The highest BCUT2D eigenvalue weighted by molar-refractivity contribution is 5.78. The zero-order valence-corrected chi connectivity index (χ0v) is 15.7. The van der Waals surface area contributed by atoms with Crippen molar-refractivity contribution in [3.05, 3.63) is 47.8 Å². The van der Waals surface area contributed by atoms with Crippen LogP contribution in [-0.4, -0.2) is 52.1 Å². The molecule has 4 bridgehead atoms. The molecule has 4 rings (SSSR count). The highest BCUT2D eigenvalue weighted by Gasteiger charge is 2.12. The van der Waals surface area contributed by atoms with Crippen LogP contribution in [0.25, 0.3) is 16.8 Å². The van der Waals surface area contributed by atoms with E-state index in [0.29, 0.717) is 19.5 Å². The van der Waals surface area contributed by atoms with Crippen molar-refractivity contribution in [2.45, 2.75) is 19.9 Å². The van der Waals surface area contributed by atoms with Gasteiger partial charge in [0.1, 0.15) is 5.82 Å². The van der Waals surface area contributed by atoms with Crippen LogP contribution in [0.15, 0.2) is 36.7 Å². The standard InChI is InChI=1S/C20H24N6O/c1-14-9-15-11-16(10-14)17-12-23-26-8-3-18(24-20(17)26)21-5-6-22-19(27)4-7-25(2)13-15/h3,8-12H,4-7,13H2,1-2H3,(H,21,24)(H,22,27). The number of benzene rings is 1. The number of hydrogen-bond donors (Lipinski definition) is 2. The lowest BCUT2D eigenvalue weighted by Crippen LogP contribution is -2.32. The van der Waals surface area contributed by atoms with Crippen LogP contribution in [0.4, 0.5) is 5.82 Å². The molecule has 1 aromatic carbocycles. The first-order valence-corrected chi connectivity index (χ1v) is 9.23. The Morgan fingerprint density at radius 1 is 1.15 bits per heavy atom. The number of aryl methyl sites for hydroxylation is 1. The fourth-order valence-electron chi connectivity index (χ4n) is 3.44. The van der Waals surface area contributed by atoms with Gasteiger partial charge in [-0.25, -0.2) is 9.50 Å². The number of nitrogens with zero attached hydrogens (tertiary/aromatic N) is 4. The topological polar surface area (TPSA) is 74.6 Å². The fraction of sp³-hybridized carbons (Fsp3) is 0.350. The molecular formula is C20H24N6O. The van der Waals surface area contributed by atoms with Crippen LogP contribution in [0, 0.1) is 6.92 Å². The van der Waals surface area contributed by atoms with Crippen molar-refractivity contribution >= 4 is 17.4 Å². The summed E-state index contributed by atoms with van der Waals surface area (Å²) in [6, 6.07) is 8.44. The second kappa shape index (κ2) is 7.36. The molecule has 0 radical (unpaired) electrons. The Bertz CT molecular complexity index is 980. The Morgan fingerprint density at radius 2 is 2.00 bits per heavy atom. The number of carbonyl (C=O) groups excluding carboxylic acids is 1. The molecule has 0 spiro atoms. The van der Waals surface area contributed by atoms with Crippen molar-refractivity contribution in [1.29, 1.82) is 0 Å². The second-order valence-electron chi connectivity index (χ2n) is 7.11. The number of hydrogen-bond acceptors (Lipinski definition) is 5. The van der Waals surface area contributed by atoms with Crippen LogP contribution >= 0.6 is 0 Å². The van der Waals surface area contributed by atoms with Gasteiger partial charge in [-0.2, -0.15) is 5.10 Å². The monoisotopic (exact) mass is 364 g/mol. The molecule has 0 atom stereocenters. The Hall–Kier alpha value is -2.93. The maximum absolute atomic E-state index is 12.0. The lowest BCUT2D eigenvalue weighted by Gasteiger charge is -2.18. The molecule has 1 aliphatic rings. The van der Waals surface area contributed by atoms with Crippen molar-refractivity contribution in [2.24, 2.45) is 0 Å². The molecule has 3 heterocycles. The average molecular weight is 364 g/mol. The van der Waals surface area contributed by atoms with E-state index in [1.54, 1.807) is 4.52 Å². The third kappa shape index (κ3) is 3.93.